The maximum atomic E-state index is 2.44. The quantitative estimate of drug-likeness (QED) is 0.770. The third-order valence-corrected chi connectivity index (χ3v) is 4.10. The third-order valence-electron chi connectivity index (χ3n) is 2.56. The molecule has 0 fully saturated rings. The Labute approximate surface area is 101 Å². The molecular weight excluding hydrogens is 285 g/mol. The van der Waals surface area contributed by atoms with E-state index in [1.165, 1.54) is 14.7 Å². The molecule has 0 N–H and O–H groups in total. The van der Waals surface area contributed by atoms with Crippen LogP contribution in [0.5, 0.6) is 0 Å². The van der Waals surface area contributed by atoms with Crippen LogP contribution in [0.3, 0.4) is 0 Å². The highest BCUT2D eigenvalue weighted by molar-refractivity contribution is 14.1. The zero-order valence-electron chi connectivity index (χ0n) is 9.18. The molecule has 1 nitrogen and oxygen atoms in total. The first-order valence-electron chi connectivity index (χ1n) is 5.15. The van der Waals surface area contributed by atoms with Crippen molar-refractivity contribution in [2.24, 2.45) is 0 Å². The minimum absolute atomic E-state index is 1.08. The summed E-state index contributed by atoms with van der Waals surface area (Å²) in [6, 6.07) is 6.55. The summed E-state index contributed by atoms with van der Waals surface area (Å²) >= 11 is 2.44. The Kier molecular flexibility index (Phi) is 4.89. The average molecular weight is 303 g/mol. The average Bonchev–Trinajstić information content (AvgIpc) is 2.20. The Balaban J connectivity index is 2.80. The van der Waals surface area contributed by atoms with E-state index < -0.39 is 0 Å². The lowest BCUT2D eigenvalue weighted by Gasteiger charge is -2.19. The fraction of sp³-hybridized carbons (Fsp3) is 0.500. The van der Waals surface area contributed by atoms with Gasteiger partial charge < -0.3 is 0 Å². The Morgan fingerprint density at radius 3 is 2.43 bits per heavy atom. The molecule has 0 spiro atoms. The molecule has 0 radical (unpaired) electrons. The van der Waals surface area contributed by atoms with Crippen LogP contribution in [0.25, 0.3) is 0 Å². The molecule has 0 saturated carbocycles. The van der Waals surface area contributed by atoms with E-state index in [0.29, 0.717) is 0 Å². The van der Waals surface area contributed by atoms with Gasteiger partial charge in [0, 0.05) is 10.1 Å². The van der Waals surface area contributed by atoms with E-state index in [0.717, 1.165) is 19.6 Å². The maximum Gasteiger partial charge on any atom is 0.0244 e. The van der Waals surface area contributed by atoms with Crippen LogP contribution in [0.15, 0.2) is 18.2 Å². The Hall–Kier alpha value is -0.0900. The standard InChI is InChI=1S/C12H18IN/c1-4-14(5-2)9-11-8-6-7-10(3)12(11)13/h6-8H,4-5,9H2,1-3H3. The first kappa shape index (κ1) is 12.0. The van der Waals surface area contributed by atoms with Crippen molar-refractivity contribution in [1.29, 1.82) is 0 Å². The lowest BCUT2D eigenvalue weighted by molar-refractivity contribution is 0.295. The lowest BCUT2D eigenvalue weighted by Crippen LogP contribution is -2.22. The summed E-state index contributed by atoms with van der Waals surface area (Å²) in [4.78, 5) is 2.44. The van der Waals surface area contributed by atoms with Gasteiger partial charge in [-0.15, -0.1) is 0 Å². The van der Waals surface area contributed by atoms with Crippen molar-refractivity contribution in [1.82, 2.24) is 4.90 Å². The smallest absolute Gasteiger partial charge is 0.0244 e. The fourth-order valence-corrected chi connectivity index (χ4v) is 2.05. The van der Waals surface area contributed by atoms with Gasteiger partial charge in [0.2, 0.25) is 0 Å². The molecule has 0 aliphatic rings. The molecule has 0 aliphatic carbocycles. The highest BCUT2D eigenvalue weighted by atomic mass is 127. The first-order chi connectivity index (χ1) is 6.69. The molecule has 1 rings (SSSR count). The van der Waals surface area contributed by atoms with Gasteiger partial charge in [-0.3, -0.25) is 4.90 Å². The van der Waals surface area contributed by atoms with Crippen molar-refractivity contribution >= 4 is 22.6 Å². The van der Waals surface area contributed by atoms with Gasteiger partial charge in [-0.25, -0.2) is 0 Å². The van der Waals surface area contributed by atoms with Gasteiger partial charge in [0.25, 0.3) is 0 Å². The van der Waals surface area contributed by atoms with Gasteiger partial charge in [0.05, 0.1) is 0 Å². The lowest BCUT2D eigenvalue weighted by atomic mass is 10.1. The topological polar surface area (TPSA) is 3.24 Å². The summed E-state index contributed by atoms with van der Waals surface area (Å²) < 4.78 is 1.41. The number of hydrogen-bond donors (Lipinski definition) is 0. The van der Waals surface area contributed by atoms with Crippen LogP contribution in [-0.2, 0) is 6.54 Å². The van der Waals surface area contributed by atoms with Crippen LogP contribution in [0.4, 0.5) is 0 Å². The summed E-state index contributed by atoms with van der Waals surface area (Å²) in [6.07, 6.45) is 0. The van der Waals surface area contributed by atoms with Crippen LogP contribution < -0.4 is 0 Å². The summed E-state index contributed by atoms with van der Waals surface area (Å²) in [5.41, 5.74) is 2.84. The molecule has 1 aromatic carbocycles. The van der Waals surface area contributed by atoms with Crippen LogP contribution in [0.2, 0.25) is 0 Å². The highest BCUT2D eigenvalue weighted by Crippen LogP contribution is 2.18. The van der Waals surface area contributed by atoms with Gasteiger partial charge in [-0.1, -0.05) is 32.0 Å². The number of nitrogens with zero attached hydrogens (tertiary/aromatic N) is 1. The summed E-state index contributed by atoms with van der Waals surface area (Å²) in [6.45, 7) is 9.93. The first-order valence-corrected chi connectivity index (χ1v) is 6.23. The Bertz CT molecular complexity index is 292. The highest BCUT2D eigenvalue weighted by Gasteiger charge is 2.05. The molecule has 0 aliphatic heterocycles. The predicted molar refractivity (Wildman–Crippen MR) is 70.5 cm³/mol. The fourth-order valence-electron chi connectivity index (χ4n) is 1.52. The summed E-state index contributed by atoms with van der Waals surface area (Å²) in [5, 5.41) is 0. The Morgan fingerprint density at radius 2 is 1.86 bits per heavy atom. The van der Waals surface area contributed by atoms with E-state index in [2.05, 4.69) is 66.5 Å². The maximum absolute atomic E-state index is 2.44. The normalized spacial score (nSPS) is 10.9. The zero-order chi connectivity index (χ0) is 10.6. The van der Waals surface area contributed by atoms with Gasteiger partial charge in [0.15, 0.2) is 0 Å². The molecule has 0 unspecified atom stereocenters. The van der Waals surface area contributed by atoms with Crippen molar-refractivity contribution in [3.63, 3.8) is 0 Å². The van der Waals surface area contributed by atoms with E-state index in [-0.39, 0.29) is 0 Å². The summed E-state index contributed by atoms with van der Waals surface area (Å²) in [5.74, 6) is 0. The zero-order valence-corrected chi connectivity index (χ0v) is 11.3. The molecule has 78 valence electrons. The van der Waals surface area contributed by atoms with Gasteiger partial charge >= 0.3 is 0 Å². The Morgan fingerprint density at radius 1 is 1.21 bits per heavy atom. The van der Waals surface area contributed by atoms with Crippen LogP contribution in [0.1, 0.15) is 25.0 Å². The van der Waals surface area contributed by atoms with Crippen molar-refractivity contribution in [2.45, 2.75) is 27.3 Å². The summed E-state index contributed by atoms with van der Waals surface area (Å²) in [7, 11) is 0. The second-order valence-electron chi connectivity index (χ2n) is 3.51. The molecule has 1 aromatic rings. The minimum Gasteiger partial charge on any atom is -0.300 e. The monoisotopic (exact) mass is 303 g/mol. The van der Waals surface area contributed by atoms with Crippen LogP contribution >= 0.6 is 22.6 Å². The SMILES string of the molecule is CCN(CC)Cc1cccc(C)c1I. The van der Waals surface area contributed by atoms with E-state index in [1.807, 2.05) is 0 Å². The molecule has 2 heteroatoms. The third kappa shape index (κ3) is 2.95. The van der Waals surface area contributed by atoms with Crippen molar-refractivity contribution in [3.8, 4) is 0 Å². The van der Waals surface area contributed by atoms with Crippen molar-refractivity contribution in [3.05, 3.63) is 32.9 Å². The molecule has 0 aromatic heterocycles. The predicted octanol–water partition coefficient (Wildman–Crippen LogP) is 3.44. The van der Waals surface area contributed by atoms with E-state index in [9.17, 15) is 0 Å². The molecule has 0 saturated heterocycles. The molecule has 0 amide bonds. The van der Waals surface area contributed by atoms with E-state index in [1.54, 1.807) is 0 Å². The van der Waals surface area contributed by atoms with Crippen molar-refractivity contribution in [2.75, 3.05) is 13.1 Å². The second-order valence-corrected chi connectivity index (χ2v) is 4.59. The molecule has 0 bridgehead atoms. The van der Waals surface area contributed by atoms with Gasteiger partial charge in [-0.2, -0.15) is 0 Å². The molecule has 14 heavy (non-hydrogen) atoms. The number of aryl methyl sites for hydroxylation is 1. The van der Waals surface area contributed by atoms with Crippen LogP contribution in [0, 0.1) is 10.5 Å². The van der Waals surface area contributed by atoms with E-state index in [4.69, 9.17) is 0 Å². The number of hydrogen-bond acceptors (Lipinski definition) is 1. The number of halogens is 1. The number of benzene rings is 1. The van der Waals surface area contributed by atoms with Crippen molar-refractivity contribution < 1.29 is 0 Å². The van der Waals surface area contributed by atoms with E-state index >= 15 is 0 Å². The number of rotatable bonds is 4. The molecule has 0 atom stereocenters. The van der Waals surface area contributed by atoms with Gasteiger partial charge in [0.1, 0.15) is 0 Å². The van der Waals surface area contributed by atoms with Gasteiger partial charge in [-0.05, 0) is 53.7 Å². The largest absolute Gasteiger partial charge is 0.300 e. The van der Waals surface area contributed by atoms with Crippen LogP contribution in [-0.4, -0.2) is 18.0 Å². The molecule has 0 heterocycles. The second kappa shape index (κ2) is 5.71. The molecular formula is C12H18IN. The minimum atomic E-state index is 1.08.